The van der Waals surface area contributed by atoms with Gasteiger partial charge in [0.2, 0.25) is 0 Å². The van der Waals surface area contributed by atoms with E-state index < -0.39 is 97.5 Å². The Bertz CT molecular complexity index is 1720. The van der Waals surface area contributed by atoms with Crippen LogP contribution in [0.2, 0.25) is 0 Å². The average molecular weight is 1300 g/mol. The Balaban J connectivity index is 5.25. The summed E-state index contributed by atoms with van der Waals surface area (Å²) in [5.41, 5.74) is 0. The van der Waals surface area contributed by atoms with Gasteiger partial charge in [-0.3, -0.25) is 37.3 Å². The van der Waals surface area contributed by atoms with Crippen LogP contribution < -0.4 is 0 Å². The molecule has 3 N–H and O–H groups in total. The van der Waals surface area contributed by atoms with Crippen LogP contribution in [0.25, 0.3) is 0 Å². The summed E-state index contributed by atoms with van der Waals surface area (Å²) in [6.07, 6.45) is 45.7. The molecule has 19 heteroatoms. The fraction of sp³-hybridized carbons (Fsp3) is 0.942. The van der Waals surface area contributed by atoms with Crippen molar-refractivity contribution in [3.63, 3.8) is 0 Å². The van der Waals surface area contributed by atoms with Crippen molar-refractivity contribution >= 4 is 39.5 Å². The zero-order chi connectivity index (χ0) is 65.0. The molecule has 0 amide bonds. The number of carbonyl (C=O) groups is 4. The van der Waals surface area contributed by atoms with E-state index in [-0.39, 0.29) is 25.7 Å². The van der Waals surface area contributed by atoms with Crippen LogP contribution in [0.3, 0.4) is 0 Å². The zero-order valence-electron chi connectivity index (χ0n) is 57.0. The average Bonchev–Trinajstić information content (AvgIpc) is 3.56. The first kappa shape index (κ1) is 86.1. The minimum Gasteiger partial charge on any atom is -0.462 e. The van der Waals surface area contributed by atoms with E-state index in [1.807, 2.05) is 0 Å². The highest BCUT2D eigenvalue weighted by Crippen LogP contribution is 2.45. The lowest BCUT2D eigenvalue weighted by atomic mass is 10.0. The van der Waals surface area contributed by atoms with Gasteiger partial charge in [0.25, 0.3) is 0 Å². The minimum absolute atomic E-state index is 0.106. The van der Waals surface area contributed by atoms with Crippen LogP contribution in [0.15, 0.2) is 0 Å². The number of rotatable bonds is 68. The standard InChI is InChI=1S/C69H134O17P2/c1-7-9-11-13-15-17-19-22-28-35-41-47-53-68(73)85-64(57-79-66(71)51-45-39-33-27-18-16-14-12-10-8-2)59-83-87(75,76)81-55-63(70)56-82-88(77,78)84-60-65(58-80-67(72)52-46-40-34-30-24-26-32-38-44-50-62(5)6)86-69(74)54-48-42-36-29-23-20-21-25-31-37-43-49-61(3)4/h61-65,70H,7-60H2,1-6H3,(H,75,76)(H,77,78)/t63-,64+,65+/m0/s1. The molecule has 0 aliphatic heterocycles. The van der Waals surface area contributed by atoms with Crippen molar-refractivity contribution in [3.05, 3.63) is 0 Å². The van der Waals surface area contributed by atoms with Gasteiger partial charge in [-0.2, -0.15) is 0 Å². The van der Waals surface area contributed by atoms with E-state index in [1.54, 1.807) is 0 Å². The first-order chi connectivity index (χ1) is 42.4. The molecule has 0 saturated heterocycles. The second kappa shape index (κ2) is 61.3. The van der Waals surface area contributed by atoms with Crippen LogP contribution in [0.1, 0.15) is 350 Å². The highest BCUT2D eigenvalue weighted by atomic mass is 31.2. The second-order valence-electron chi connectivity index (χ2n) is 25.9. The molecular formula is C69H134O17P2. The van der Waals surface area contributed by atoms with E-state index in [2.05, 4.69) is 41.5 Å². The lowest BCUT2D eigenvalue weighted by Gasteiger charge is -2.21. The molecule has 0 aliphatic rings. The normalized spacial score (nSPS) is 14.2. The maximum Gasteiger partial charge on any atom is 0.472 e. The molecule has 0 aromatic heterocycles. The quantitative estimate of drug-likeness (QED) is 0.0222. The first-order valence-corrected chi connectivity index (χ1v) is 39.0. The summed E-state index contributed by atoms with van der Waals surface area (Å²) in [5, 5.41) is 10.6. The van der Waals surface area contributed by atoms with Crippen molar-refractivity contribution in [2.45, 2.75) is 368 Å². The van der Waals surface area contributed by atoms with E-state index in [1.165, 1.54) is 167 Å². The molecule has 88 heavy (non-hydrogen) atoms. The third-order valence-electron chi connectivity index (χ3n) is 16.0. The molecule has 0 heterocycles. The highest BCUT2D eigenvalue weighted by molar-refractivity contribution is 7.47. The number of hydrogen-bond acceptors (Lipinski definition) is 15. The highest BCUT2D eigenvalue weighted by Gasteiger charge is 2.30. The van der Waals surface area contributed by atoms with E-state index >= 15 is 0 Å². The Morgan fingerprint density at radius 3 is 0.773 bits per heavy atom. The Morgan fingerprint density at radius 2 is 0.523 bits per heavy atom. The Kier molecular flexibility index (Phi) is 59.9. The summed E-state index contributed by atoms with van der Waals surface area (Å²) in [6, 6.07) is 0. The SMILES string of the molecule is CCCCCCCCCCCCCCC(=O)O[C@H](COC(=O)CCCCCCCCCCCC)COP(=O)(O)OC[C@H](O)COP(=O)(O)OC[C@@H](COC(=O)CCCCCCCCCCCC(C)C)OC(=O)CCCCCCCCCCCCCC(C)C. The van der Waals surface area contributed by atoms with Crippen molar-refractivity contribution in [1.29, 1.82) is 0 Å². The molecule has 0 bridgehead atoms. The molecule has 0 aromatic rings. The summed E-state index contributed by atoms with van der Waals surface area (Å²) < 4.78 is 68.2. The first-order valence-electron chi connectivity index (χ1n) is 36.0. The topological polar surface area (TPSA) is 237 Å². The van der Waals surface area contributed by atoms with Crippen LogP contribution in [-0.2, 0) is 65.4 Å². The lowest BCUT2D eigenvalue weighted by molar-refractivity contribution is -0.161. The zero-order valence-corrected chi connectivity index (χ0v) is 58.8. The molecular weight excluding hydrogens is 1160 g/mol. The van der Waals surface area contributed by atoms with Gasteiger partial charge in [0.1, 0.15) is 19.3 Å². The molecule has 522 valence electrons. The molecule has 17 nitrogen and oxygen atoms in total. The fourth-order valence-electron chi connectivity index (χ4n) is 10.4. The van der Waals surface area contributed by atoms with Gasteiger partial charge in [0.05, 0.1) is 26.4 Å². The number of unbranched alkanes of at least 4 members (excludes halogenated alkanes) is 38. The van der Waals surface area contributed by atoms with E-state index in [0.29, 0.717) is 25.7 Å². The molecule has 5 atom stereocenters. The third kappa shape index (κ3) is 62.8. The Morgan fingerprint density at radius 1 is 0.307 bits per heavy atom. The van der Waals surface area contributed by atoms with E-state index in [0.717, 1.165) is 102 Å². The van der Waals surface area contributed by atoms with Gasteiger partial charge in [-0.15, -0.1) is 0 Å². The van der Waals surface area contributed by atoms with Gasteiger partial charge >= 0.3 is 39.5 Å². The number of phosphoric ester groups is 2. The van der Waals surface area contributed by atoms with Gasteiger partial charge in [-0.25, -0.2) is 9.13 Å². The summed E-state index contributed by atoms with van der Waals surface area (Å²) in [6.45, 7) is 9.52. The van der Waals surface area contributed by atoms with Gasteiger partial charge in [-0.05, 0) is 37.5 Å². The van der Waals surface area contributed by atoms with Crippen molar-refractivity contribution < 1.29 is 80.2 Å². The summed E-state index contributed by atoms with van der Waals surface area (Å²) in [7, 11) is -9.90. The molecule has 2 unspecified atom stereocenters. The lowest BCUT2D eigenvalue weighted by Crippen LogP contribution is -2.30. The van der Waals surface area contributed by atoms with Crippen LogP contribution in [-0.4, -0.2) is 96.7 Å². The van der Waals surface area contributed by atoms with Crippen molar-refractivity contribution in [2.75, 3.05) is 39.6 Å². The third-order valence-corrected chi connectivity index (χ3v) is 17.9. The number of hydrogen-bond donors (Lipinski definition) is 3. The Hall–Kier alpha value is -1.94. The number of phosphoric acid groups is 2. The summed E-state index contributed by atoms with van der Waals surface area (Å²) in [5.74, 6) is -0.615. The number of aliphatic hydroxyl groups excluding tert-OH is 1. The van der Waals surface area contributed by atoms with Gasteiger partial charge in [0, 0.05) is 25.7 Å². The maximum absolute atomic E-state index is 13.0. The maximum atomic E-state index is 13.0. The summed E-state index contributed by atoms with van der Waals surface area (Å²) >= 11 is 0. The monoisotopic (exact) mass is 1300 g/mol. The van der Waals surface area contributed by atoms with E-state index in [4.69, 9.17) is 37.0 Å². The largest absolute Gasteiger partial charge is 0.472 e. The Labute approximate surface area is 537 Å². The predicted octanol–water partition coefficient (Wildman–Crippen LogP) is 19.6. The van der Waals surface area contributed by atoms with Crippen molar-refractivity contribution in [2.24, 2.45) is 11.8 Å². The molecule has 0 spiro atoms. The second-order valence-corrected chi connectivity index (χ2v) is 28.8. The van der Waals surface area contributed by atoms with Crippen LogP contribution in [0, 0.1) is 11.8 Å². The van der Waals surface area contributed by atoms with Crippen LogP contribution in [0.5, 0.6) is 0 Å². The predicted molar refractivity (Wildman–Crippen MR) is 354 cm³/mol. The molecule has 0 radical (unpaired) electrons. The van der Waals surface area contributed by atoms with E-state index in [9.17, 15) is 43.2 Å². The van der Waals surface area contributed by atoms with Crippen molar-refractivity contribution in [1.82, 2.24) is 0 Å². The molecule has 0 rings (SSSR count). The molecule has 0 fully saturated rings. The van der Waals surface area contributed by atoms with Crippen LogP contribution >= 0.6 is 15.6 Å². The van der Waals surface area contributed by atoms with Gasteiger partial charge in [0.15, 0.2) is 12.2 Å². The van der Waals surface area contributed by atoms with Crippen molar-refractivity contribution in [3.8, 4) is 0 Å². The minimum atomic E-state index is -4.95. The summed E-state index contributed by atoms with van der Waals surface area (Å²) in [4.78, 5) is 72.5. The number of aliphatic hydroxyl groups is 1. The molecule has 0 aliphatic carbocycles. The van der Waals surface area contributed by atoms with Gasteiger partial charge < -0.3 is 33.8 Å². The number of esters is 4. The smallest absolute Gasteiger partial charge is 0.462 e. The molecule has 0 aromatic carbocycles. The van der Waals surface area contributed by atoms with Gasteiger partial charge in [-0.1, -0.05) is 298 Å². The fourth-order valence-corrected chi connectivity index (χ4v) is 12.0. The number of ether oxygens (including phenoxy) is 4. The molecule has 0 saturated carbocycles. The van der Waals surface area contributed by atoms with Crippen LogP contribution in [0.4, 0.5) is 0 Å². The number of carbonyl (C=O) groups excluding carboxylic acids is 4.